The number of nitrogens with one attached hydrogen (secondary N) is 1. The van der Waals surface area contributed by atoms with Gasteiger partial charge in [-0.05, 0) is 41.9 Å². The first kappa shape index (κ1) is 13.7. The van der Waals surface area contributed by atoms with Crippen LogP contribution in [0.5, 0.6) is 0 Å². The van der Waals surface area contributed by atoms with E-state index >= 15 is 0 Å². The molecule has 100 valence electrons. The van der Waals surface area contributed by atoms with Crippen molar-refractivity contribution in [2.24, 2.45) is 0 Å². The fraction of sp³-hybridized carbons (Fsp3) is 0.231. The van der Waals surface area contributed by atoms with Gasteiger partial charge in [-0.15, -0.1) is 0 Å². The molecule has 19 heavy (non-hydrogen) atoms. The summed E-state index contributed by atoms with van der Waals surface area (Å²) in [5.74, 6) is -0.402. The van der Waals surface area contributed by atoms with Crippen LogP contribution in [-0.4, -0.2) is 11.1 Å². The second kappa shape index (κ2) is 5.52. The van der Waals surface area contributed by atoms with Crippen molar-refractivity contribution in [1.82, 2.24) is 10.5 Å². The van der Waals surface area contributed by atoms with E-state index in [4.69, 9.17) is 4.52 Å². The summed E-state index contributed by atoms with van der Waals surface area (Å²) in [7, 11) is 0. The number of halogens is 2. The average Bonchev–Trinajstić information content (AvgIpc) is 2.66. The van der Waals surface area contributed by atoms with Crippen LogP contribution in [0.1, 0.15) is 27.4 Å². The summed E-state index contributed by atoms with van der Waals surface area (Å²) in [5.41, 5.74) is 1.51. The number of hydrogen-bond acceptors (Lipinski definition) is 3. The van der Waals surface area contributed by atoms with Gasteiger partial charge in [-0.2, -0.15) is 0 Å². The highest BCUT2D eigenvalue weighted by molar-refractivity contribution is 9.10. The van der Waals surface area contributed by atoms with Crippen LogP contribution < -0.4 is 5.32 Å². The van der Waals surface area contributed by atoms with E-state index in [0.717, 1.165) is 5.56 Å². The van der Waals surface area contributed by atoms with Crippen molar-refractivity contribution in [3.63, 3.8) is 0 Å². The lowest BCUT2D eigenvalue weighted by Crippen LogP contribution is -2.24. The van der Waals surface area contributed by atoms with Gasteiger partial charge in [0.15, 0.2) is 0 Å². The van der Waals surface area contributed by atoms with Gasteiger partial charge in [-0.3, -0.25) is 4.79 Å². The molecule has 4 nitrogen and oxygen atoms in total. The van der Waals surface area contributed by atoms with E-state index in [1.165, 1.54) is 12.1 Å². The van der Waals surface area contributed by atoms with Crippen LogP contribution in [0.3, 0.4) is 0 Å². The molecule has 0 atom stereocenters. The van der Waals surface area contributed by atoms with Gasteiger partial charge in [-0.1, -0.05) is 11.2 Å². The van der Waals surface area contributed by atoms with Gasteiger partial charge in [0.2, 0.25) is 0 Å². The van der Waals surface area contributed by atoms with E-state index in [0.29, 0.717) is 15.9 Å². The van der Waals surface area contributed by atoms with E-state index in [1.54, 1.807) is 19.9 Å². The average molecular weight is 327 g/mol. The molecule has 0 aliphatic rings. The maximum atomic E-state index is 13.6. The third-order valence-electron chi connectivity index (χ3n) is 2.80. The number of aryl methyl sites for hydroxylation is 2. The van der Waals surface area contributed by atoms with Crippen molar-refractivity contribution < 1.29 is 13.7 Å². The summed E-state index contributed by atoms with van der Waals surface area (Å²) in [6.07, 6.45) is 0. The first-order valence-corrected chi connectivity index (χ1v) is 6.44. The number of hydrogen-bond donors (Lipinski definition) is 1. The Morgan fingerprint density at radius 2 is 2.21 bits per heavy atom. The molecule has 1 heterocycles. The second-order valence-corrected chi connectivity index (χ2v) is 4.94. The fourth-order valence-corrected chi connectivity index (χ4v) is 2.25. The zero-order valence-corrected chi connectivity index (χ0v) is 12.0. The molecule has 1 amide bonds. The zero-order chi connectivity index (χ0) is 14.0. The van der Waals surface area contributed by atoms with E-state index in [2.05, 4.69) is 26.4 Å². The molecule has 1 N–H and O–H groups in total. The minimum absolute atomic E-state index is 0.00531. The topological polar surface area (TPSA) is 55.1 Å². The van der Waals surface area contributed by atoms with Crippen molar-refractivity contribution in [3.8, 4) is 0 Å². The Morgan fingerprint density at radius 3 is 2.79 bits per heavy atom. The van der Waals surface area contributed by atoms with Crippen molar-refractivity contribution >= 4 is 21.8 Å². The van der Waals surface area contributed by atoms with Crippen molar-refractivity contribution in [2.45, 2.75) is 20.4 Å². The molecule has 0 spiro atoms. The number of benzene rings is 1. The standard InChI is InChI=1S/C13H12BrFN2O2/c1-7-9(8(2)19-17-7)6-16-13(18)12-10(14)4-3-5-11(12)15/h3-5H,6H2,1-2H3,(H,16,18). The van der Waals surface area contributed by atoms with Crippen molar-refractivity contribution in [3.05, 3.63) is 51.1 Å². The molecule has 0 saturated heterocycles. The molecule has 0 bridgehead atoms. The maximum absolute atomic E-state index is 13.6. The lowest BCUT2D eigenvalue weighted by molar-refractivity contribution is 0.0946. The highest BCUT2D eigenvalue weighted by atomic mass is 79.9. The molecule has 0 fully saturated rings. The van der Waals surface area contributed by atoms with Crippen molar-refractivity contribution in [2.75, 3.05) is 0 Å². The Balaban J connectivity index is 2.15. The SMILES string of the molecule is Cc1noc(C)c1CNC(=O)c1c(F)cccc1Br. The Kier molecular flexibility index (Phi) is 3.99. The van der Waals surface area contributed by atoms with Gasteiger partial charge in [0, 0.05) is 16.6 Å². The lowest BCUT2D eigenvalue weighted by Gasteiger charge is -2.07. The molecule has 1 aromatic heterocycles. The summed E-state index contributed by atoms with van der Waals surface area (Å²) in [6.45, 7) is 3.80. The Hall–Kier alpha value is -1.69. The molecular formula is C13H12BrFN2O2. The number of amides is 1. The summed E-state index contributed by atoms with van der Waals surface area (Å²) < 4.78 is 19.0. The van der Waals surface area contributed by atoms with Crippen molar-refractivity contribution in [1.29, 1.82) is 0 Å². The van der Waals surface area contributed by atoms with Crippen LogP contribution in [0.15, 0.2) is 27.2 Å². The van der Waals surface area contributed by atoms with Crippen LogP contribution in [-0.2, 0) is 6.54 Å². The molecule has 6 heteroatoms. The number of rotatable bonds is 3. The number of carbonyl (C=O) groups excluding carboxylic acids is 1. The first-order chi connectivity index (χ1) is 9.00. The smallest absolute Gasteiger partial charge is 0.255 e. The van der Waals surface area contributed by atoms with E-state index in [1.807, 2.05) is 0 Å². The first-order valence-electron chi connectivity index (χ1n) is 5.64. The second-order valence-electron chi connectivity index (χ2n) is 4.08. The van der Waals surface area contributed by atoms with Crippen LogP contribution in [0.4, 0.5) is 4.39 Å². The Bertz CT molecular complexity index is 585. The molecule has 0 aliphatic heterocycles. The van der Waals surface area contributed by atoms with Crippen LogP contribution in [0.2, 0.25) is 0 Å². The highest BCUT2D eigenvalue weighted by Crippen LogP contribution is 2.20. The largest absolute Gasteiger partial charge is 0.361 e. The van der Waals surface area contributed by atoms with Gasteiger partial charge in [-0.25, -0.2) is 4.39 Å². The van der Waals surface area contributed by atoms with Gasteiger partial charge in [0.05, 0.1) is 11.3 Å². The number of nitrogens with zero attached hydrogens (tertiary/aromatic N) is 1. The molecule has 1 aromatic carbocycles. The Morgan fingerprint density at radius 1 is 1.47 bits per heavy atom. The van der Waals surface area contributed by atoms with Crippen LogP contribution in [0.25, 0.3) is 0 Å². The summed E-state index contributed by atoms with van der Waals surface area (Å²) in [5, 5.41) is 6.45. The maximum Gasteiger partial charge on any atom is 0.255 e. The fourth-order valence-electron chi connectivity index (χ4n) is 1.73. The quantitative estimate of drug-likeness (QED) is 0.942. The third-order valence-corrected chi connectivity index (χ3v) is 3.46. The van der Waals surface area contributed by atoms with Gasteiger partial charge in [0.25, 0.3) is 5.91 Å². The predicted molar refractivity (Wildman–Crippen MR) is 71.2 cm³/mol. The summed E-state index contributed by atoms with van der Waals surface area (Å²) >= 11 is 3.16. The summed E-state index contributed by atoms with van der Waals surface area (Å²) in [6, 6.07) is 4.40. The number of aromatic nitrogens is 1. The molecule has 2 aromatic rings. The molecule has 0 aliphatic carbocycles. The van der Waals surface area contributed by atoms with E-state index in [9.17, 15) is 9.18 Å². The molecule has 0 radical (unpaired) electrons. The molecular weight excluding hydrogens is 315 g/mol. The third kappa shape index (κ3) is 2.84. The Labute approximate surface area is 118 Å². The van der Waals surface area contributed by atoms with Gasteiger partial charge >= 0.3 is 0 Å². The summed E-state index contributed by atoms with van der Waals surface area (Å²) in [4.78, 5) is 12.0. The van der Waals surface area contributed by atoms with E-state index in [-0.39, 0.29) is 12.1 Å². The van der Waals surface area contributed by atoms with Crippen LogP contribution in [0, 0.1) is 19.7 Å². The molecule has 2 rings (SSSR count). The van der Waals surface area contributed by atoms with Crippen LogP contribution >= 0.6 is 15.9 Å². The zero-order valence-electron chi connectivity index (χ0n) is 10.5. The minimum Gasteiger partial charge on any atom is -0.361 e. The lowest BCUT2D eigenvalue weighted by atomic mass is 10.1. The normalized spacial score (nSPS) is 10.5. The minimum atomic E-state index is -0.564. The van der Waals surface area contributed by atoms with Gasteiger partial charge < -0.3 is 9.84 Å². The molecule has 0 unspecified atom stereocenters. The monoisotopic (exact) mass is 326 g/mol. The predicted octanol–water partition coefficient (Wildman–Crippen LogP) is 3.12. The number of carbonyl (C=O) groups is 1. The highest BCUT2D eigenvalue weighted by Gasteiger charge is 2.16. The van der Waals surface area contributed by atoms with E-state index < -0.39 is 11.7 Å². The van der Waals surface area contributed by atoms with Gasteiger partial charge in [0.1, 0.15) is 11.6 Å². The molecule has 0 saturated carbocycles.